The Labute approximate surface area is 108 Å². The van der Waals surface area contributed by atoms with Gasteiger partial charge in [0, 0.05) is 12.3 Å². The van der Waals surface area contributed by atoms with Gasteiger partial charge >= 0.3 is 0 Å². The summed E-state index contributed by atoms with van der Waals surface area (Å²) in [5, 5.41) is 16.5. The third-order valence-corrected chi connectivity index (χ3v) is 3.68. The van der Waals surface area contributed by atoms with E-state index in [0.717, 1.165) is 5.75 Å². The van der Waals surface area contributed by atoms with Crippen LogP contribution in [0.15, 0.2) is 29.5 Å². The van der Waals surface area contributed by atoms with Crippen LogP contribution in [0.2, 0.25) is 0 Å². The summed E-state index contributed by atoms with van der Waals surface area (Å²) >= 11 is 7.70. The fourth-order valence-electron chi connectivity index (χ4n) is 1.62. The van der Waals surface area contributed by atoms with Gasteiger partial charge in [0.1, 0.15) is 5.00 Å². The SMILES string of the molecule is O=[N+]([O-])N=C1SCCN1CC1(Cl)C=CC=CN1. The van der Waals surface area contributed by atoms with Crippen molar-refractivity contribution in [2.75, 3.05) is 18.8 Å². The lowest BCUT2D eigenvalue weighted by atomic mass is 10.2. The van der Waals surface area contributed by atoms with Crippen LogP contribution in [-0.2, 0) is 0 Å². The van der Waals surface area contributed by atoms with Gasteiger partial charge in [-0.3, -0.25) is 0 Å². The molecule has 0 radical (unpaired) electrons. The van der Waals surface area contributed by atoms with Crippen molar-refractivity contribution in [3.8, 4) is 0 Å². The Balaban J connectivity index is 2.05. The quantitative estimate of drug-likeness (QED) is 0.362. The molecule has 0 amide bonds. The summed E-state index contributed by atoms with van der Waals surface area (Å²) in [4.78, 5) is 11.5. The molecule has 0 aromatic carbocycles. The fraction of sp³-hybridized carbons (Fsp3) is 0.444. The highest BCUT2D eigenvalue weighted by Gasteiger charge is 2.32. The van der Waals surface area contributed by atoms with Gasteiger partial charge in [-0.1, -0.05) is 29.4 Å². The summed E-state index contributed by atoms with van der Waals surface area (Å²) in [6.45, 7) is 1.15. The molecule has 2 heterocycles. The average molecular weight is 275 g/mol. The van der Waals surface area contributed by atoms with Crippen molar-refractivity contribution in [3.05, 3.63) is 34.5 Å². The number of hydrazone groups is 1. The van der Waals surface area contributed by atoms with Crippen LogP contribution in [0, 0.1) is 10.1 Å². The molecule has 0 spiro atoms. The van der Waals surface area contributed by atoms with E-state index in [4.69, 9.17) is 11.6 Å². The molecular formula is C9H11ClN4O2S. The zero-order chi connectivity index (χ0) is 12.3. The number of thioether (sulfide) groups is 1. The molecule has 1 unspecified atom stereocenters. The monoisotopic (exact) mass is 274 g/mol. The number of halogens is 1. The molecule has 0 aliphatic carbocycles. The van der Waals surface area contributed by atoms with Gasteiger partial charge < -0.3 is 10.2 Å². The molecule has 1 fully saturated rings. The molecule has 2 aliphatic heterocycles. The highest BCUT2D eigenvalue weighted by molar-refractivity contribution is 8.14. The van der Waals surface area contributed by atoms with E-state index in [0.29, 0.717) is 18.3 Å². The Bertz CT molecular complexity index is 412. The maximum atomic E-state index is 10.4. The van der Waals surface area contributed by atoms with Crippen LogP contribution in [0.1, 0.15) is 0 Å². The number of alkyl halides is 1. The third-order valence-electron chi connectivity index (χ3n) is 2.34. The van der Waals surface area contributed by atoms with Crippen LogP contribution in [0.5, 0.6) is 0 Å². The predicted molar refractivity (Wildman–Crippen MR) is 68.5 cm³/mol. The Hall–Kier alpha value is -1.21. The van der Waals surface area contributed by atoms with Crippen molar-refractivity contribution in [3.63, 3.8) is 0 Å². The van der Waals surface area contributed by atoms with Crippen LogP contribution in [0.3, 0.4) is 0 Å². The third kappa shape index (κ3) is 3.13. The lowest BCUT2D eigenvalue weighted by molar-refractivity contribution is -0.485. The molecule has 2 aliphatic rings. The number of dihydropyridines is 1. The molecule has 0 aromatic heterocycles. The van der Waals surface area contributed by atoms with E-state index in [1.165, 1.54) is 11.8 Å². The maximum absolute atomic E-state index is 10.4. The van der Waals surface area contributed by atoms with Crippen LogP contribution in [0.25, 0.3) is 0 Å². The zero-order valence-corrected chi connectivity index (χ0v) is 10.4. The minimum atomic E-state index is -0.725. The minimum absolute atomic E-state index is 0.416. The Morgan fingerprint density at radius 2 is 2.53 bits per heavy atom. The van der Waals surface area contributed by atoms with Gasteiger partial charge in [-0.2, -0.15) is 0 Å². The lowest BCUT2D eigenvalue weighted by Crippen LogP contribution is -2.47. The van der Waals surface area contributed by atoms with Gasteiger partial charge in [0.25, 0.3) is 0 Å². The second-order valence-electron chi connectivity index (χ2n) is 3.62. The second kappa shape index (κ2) is 4.97. The largest absolute Gasteiger partial charge is 0.368 e. The molecule has 1 N–H and O–H groups in total. The Morgan fingerprint density at radius 3 is 3.18 bits per heavy atom. The van der Waals surface area contributed by atoms with Crippen molar-refractivity contribution in [2.24, 2.45) is 5.10 Å². The number of amidine groups is 1. The van der Waals surface area contributed by atoms with Crippen molar-refractivity contribution in [1.29, 1.82) is 0 Å². The van der Waals surface area contributed by atoms with Crippen molar-refractivity contribution in [1.82, 2.24) is 10.2 Å². The Morgan fingerprint density at radius 1 is 1.71 bits per heavy atom. The van der Waals surface area contributed by atoms with Gasteiger partial charge in [0.2, 0.25) is 5.17 Å². The molecule has 0 aromatic rings. The molecule has 0 saturated carbocycles. The lowest BCUT2D eigenvalue weighted by Gasteiger charge is -2.30. The molecule has 8 heteroatoms. The van der Waals surface area contributed by atoms with E-state index in [9.17, 15) is 10.1 Å². The summed E-state index contributed by atoms with van der Waals surface area (Å²) in [5.41, 5.74) is 0. The minimum Gasteiger partial charge on any atom is -0.368 e. The number of hydrogen-bond donors (Lipinski definition) is 1. The van der Waals surface area contributed by atoms with E-state index in [-0.39, 0.29) is 0 Å². The number of rotatable bonds is 3. The highest BCUT2D eigenvalue weighted by Crippen LogP contribution is 2.24. The number of nitrogens with zero attached hydrogens (tertiary/aromatic N) is 3. The fourth-order valence-corrected chi connectivity index (χ4v) is 2.85. The van der Waals surface area contributed by atoms with Crippen molar-refractivity contribution < 1.29 is 5.03 Å². The predicted octanol–water partition coefficient (Wildman–Crippen LogP) is 1.19. The number of nitro groups is 1. The first kappa shape index (κ1) is 12.3. The summed E-state index contributed by atoms with van der Waals surface area (Å²) < 4.78 is 0. The smallest absolute Gasteiger partial charge is 0.237 e. The van der Waals surface area contributed by atoms with Gasteiger partial charge in [-0.05, 0) is 18.4 Å². The highest BCUT2D eigenvalue weighted by atomic mass is 35.5. The number of allylic oxidation sites excluding steroid dienone is 2. The van der Waals surface area contributed by atoms with Gasteiger partial charge in [0.15, 0.2) is 5.03 Å². The molecular weight excluding hydrogens is 264 g/mol. The molecule has 0 bridgehead atoms. The van der Waals surface area contributed by atoms with E-state index in [1.54, 1.807) is 6.20 Å². The molecule has 92 valence electrons. The van der Waals surface area contributed by atoms with E-state index in [1.807, 2.05) is 23.1 Å². The van der Waals surface area contributed by atoms with Gasteiger partial charge in [0.05, 0.1) is 11.6 Å². The van der Waals surface area contributed by atoms with Gasteiger partial charge in [-0.25, -0.2) is 10.1 Å². The standard InChI is InChI=1S/C9H11ClN4O2S/c10-9(3-1-2-4-11-9)7-13-5-6-17-8(13)12-14(15)16/h1-4,11H,5-7H2. The van der Waals surface area contributed by atoms with Gasteiger partial charge in [-0.15, -0.1) is 0 Å². The van der Waals surface area contributed by atoms with E-state index < -0.39 is 10.0 Å². The van der Waals surface area contributed by atoms with Crippen LogP contribution < -0.4 is 5.32 Å². The first-order valence-electron chi connectivity index (χ1n) is 5.01. The zero-order valence-electron chi connectivity index (χ0n) is 8.88. The molecule has 2 rings (SSSR count). The molecule has 6 nitrogen and oxygen atoms in total. The normalized spacial score (nSPS) is 29.7. The maximum Gasteiger partial charge on any atom is 0.237 e. The van der Waals surface area contributed by atoms with Crippen molar-refractivity contribution in [2.45, 2.75) is 5.00 Å². The summed E-state index contributed by atoms with van der Waals surface area (Å²) in [6, 6.07) is 0. The Kier molecular flexibility index (Phi) is 3.58. The van der Waals surface area contributed by atoms with Crippen LogP contribution in [-0.4, -0.2) is 38.9 Å². The van der Waals surface area contributed by atoms with E-state index >= 15 is 0 Å². The van der Waals surface area contributed by atoms with Crippen molar-refractivity contribution >= 4 is 28.5 Å². The van der Waals surface area contributed by atoms with Crippen LogP contribution >= 0.6 is 23.4 Å². The molecule has 17 heavy (non-hydrogen) atoms. The first-order valence-corrected chi connectivity index (χ1v) is 6.37. The van der Waals surface area contributed by atoms with E-state index in [2.05, 4.69) is 10.4 Å². The average Bonchev–Trinajstić information content (AvgIpc) is 2.65. The number of nitrogens with one attached hydrogen (secondary N) is 1. The first-order chi connectivity index (χ1) is 8.09. The number of hydrogen-bond acceptors (Lipinski definition) is 4. The molecule has 1 atom stereocenters. The molecule has 1 saturated heterocycles. The summed E-state index contributed by atoms with van der Waals surface area (Å²) in [5.74, 6) is 0.791. The topological polar surface area (TPSA) is 70.8 Å². The second-order valence-corrected chi connectivity index (χ2v) is 5.35. The summed E-state index contributed by atoms with van der Waals surface area (Å²) in [6.07, 6.45) is 7.25. The van der Waals surface area contributed by atoms with Crippen LogP contribution in [0.4, 0.5) is 0 Å². The summed E-state index contributed by atoms with van der Waals surface area (Å²) in [7, 11) is 0.